The van der Waals surface area contributed by atoms with Crippen molar-refractivity contribution in [3.05, 3.63) is 70.2 Å². The summed E-state index contributed by atoms with van der Waals surface area (Å²) in [5.41, 5.74) is 3.31. The van der Waals surface area contributed by atoms with Crippen molar-refractivity contribution in [2.45, 2.75) is 63.9 Å². The van der Waals surface area contributed by atoms with Crippen LogP contribution in [0.5, 0.6) is 0 Å². The highest BCUT2D eigenvalue weighted by Crippen LogP contribution is 2.20. The normalized spacial score (nSPS) is 14.9. The summed E-state index contributed by atoms with van der Waals surface area (Å²) in [4.78, 5) is 27.8. The molecule has 0 spiro atoms. The molecule has 1 aliphatic carbocycles. The van der Waals surface area contributed by atoms with E-state index in [4.69, 9.17) is 11.6 Å². The number of nitrogens with zero attached hydrogens (tertiary/aromatic N) is 1. The van der Waals surface area contributed by atoms with Crippen molar-refractivity contribution in [1.29, 1.82) is 0 Å². The van der Waals surface area contributed by atoms with Crippen LogP contribution in [0.1, 0.15) is 49.3 Å². The molecule has 0 heterocycles. The third-order valence-corrected chi connectivity index (χ3v) is 6.95. The van der Waals surface area contributed by atoms with Gasteiger partial charge in [0.05, 0.1) is 5.75 Å². The summed E-state index contributed by atoms with van der Waals surface area (Å²) in [6, 6.07) is 15.5. The maximum atomic E-state index is 13.2. The Morgan fingerprint density at radius 3 is 2.52 bits per heavy atom. The van der Waals surface area contributed by atoms with Gasteiger partial charge in [-0.05, 0) is 49.9 Å². The topological polar surface area (TPSA) is 49.4 Å². The number of halogens is 1. The lowest BCUT2D eigenvalue weighted by Gasteiger charge is -2.30. The minimum Gasteiger partial charge on any atom is -0.352 e. The first-order chi connectivity index (χ1) is 14.9. The first kappa shape index (κ1) is 23.7. The van der Waals surface area contributed by atoms with Crippen LogP contribution in [0.15, 0.2) is 48.5 Å². The summed E-state index contributed by atoms with van der Waals surface area (Å²) in [6.07, 6.45) is 4.38. The molecule has 3 rings (SSSR count). The maximum absolute atomic E-state index is 13.2. The first-order valence-electron chi connectivity index (χ1n) is 10.9. The average Bonchev–Trinajstić information content (AvgIpc) is 3.26. The zero-order chi connectivity index (χ0) is 22.2. The summed E-state index contributed by atoms with van der Waals surface area (Å²) in [6.45, 7) is 4.30. The number of rotatable bonds is 9. The van der Waals surface area contributed by atoms with Gasteiger partial charge in [0, 0.05) is 23.4 Å². The second-order valence-electron chi connectivity index (χ2n) is 8.30. The molecule has 0 saturated heterocycles. The van der Waals surface area contributed by atoms with Crippen LogP contribution >= 0.6 is 23.4 Å². The smallest absolute Gasteiger partial charge is 0.242 e. The van der Waals surface area contributed by atoms with Crippen molar-refractivity contribution in [1.82, 2.24) is 10.2 Å². The van der Waals surface area contributed by atoms with Gasteiger partial charge in [-0.15, -0.1) is 11.8 Å². The van der Waals surface area contributed by atoms with Crippen molar-refractivity contribution >= 4 is 35.2 Å². The van der Waals surface area contributed by atoms with Crippen LogP contribution < -0.4 is 5.32 Å². The standard InChI is InChI=1S/C25H31ClN2O2S/c1-18-6-5-7-21(14-18)15-28(19(2)25(30)27-23-8-3-4-9-23)24(29)17-31-16-20-10-12-22(26)13-11-20/h5-7,10-14,19,23H,3-4,8-9,15-17H2,1-2H3,(H,27,30). The van der Waals surface area contributed by atoms with Crippen molar-refractivity contribution < 1.29 is 9.59 Å². The Balaban J connectivity index is 1.65. The van der Waals surface area contributed by atoms with Crippen LogP contribution in [0.4, 0.5) is 0 Å². The molecule has 0 aliphatic heterocycles. The minimum atomic E-state index is -0.509. The average molecular weight is 459 g/mol. The van der Waals surface area contributed by atoms with Gasteiger partial charge in [0.15, 0.2) is 0 Å². The third kappa shape index (κ3) is 7.29. The molecular formula is C25H31ClN2O2S. The fourth-order valence-corrected chi connectivity index (χ4v) is 4.90. The molecule has 0 bridgehead atoms. The molecule has 31 heavy (non-hydrogen) atoms. The van der Waals surface area contributed by atoms with Crippen molar-refractivity contribution in [2.75, 3.05) is 5.75 Å². The lowest BCUT2D eigenvalue weighted by molar-refractivity contribution is -0.138. The van der Waals surface area contributed by atoms with Gasteiger partial charge in [0.25, 0.3) is 0 Å². The summed E-state index contributed by atoms with van der Waals surface area (Å²) >= 11 is 7.50. The molecular weight excluding hydrogens is 428 g/mol. The highest BCUT2D eigenvalue weighted by atomic mass is 35.5. The Hall–Kier alpha value is -1.98. The minimum absolute atomic E-state index is 0.0189. The van der Waals surface area contributed by atoms with E-state index in [9.17, 15) is 9.59 Å². The Bertz CT molecular complexity index is 881. The Labute approximate surface area is 194 Å². The number of carbonyl (C=O) groups is 2. The molecule has 1 unspecified atom stereocenters. The Kier molecular flexibility index (Phi) is 8.85. The Morgan fingerprint density at radius 1 is 1.13 bits per heavy atom. The highest BCUT2D eigenvalue weighted by Gasteiger charge is 2.28. The second-order valence-corrected chi connectivity index (χ2v) is 9.72. The molecule has 1 aliphatic rings. The van der Waals surface area contributed by atoms with Gasteiger partial charge in [-0.2, -0.15) is 0 Å². The predicted molar refractivity (Wildman–Crippen MR) is 129 cm³/mol. The number of carbonyl (C=O) groups excluding carboxylic acids is 2. The summed E-state index contributed by atoms with van der Waals surface area (Å²) in [7, 11) is 0. The quantitative estimate of drug-likeness (QED) is 0.550. The van der Waals surface area contributed by atoms with E-state index in [1.54, 1.807) is 16.7 Å². The van der Waals surface area contributed by atoms with Crippen LogP contribution in [0.25, 0.3) is 0 Å². The fraction of sp³-hybridized carbons (Fsp3) is 0.440. The molecule has 1 fully saturated rings. The van der Waals surface area contributed by atoms with Crippen LogP contribution in [0, 0.1) is 6.92 Å². The zero-order valence-electron chi connectivity index (χ0n) is 18.3. The number of hydrogen-bond acceptors (Lipinski definition) is 3. The molecule has 2 amide bonds. The summed E-state index contributed by atoms with van der Waals surface area (Å²) < 4.78 is 0. The molecule has 1 N–H and O–H groups in total. The highest BCUT2D eigenvalue weighted by molar-refractivity contribution is 7.99. The number of amides is 2. The molecule has 1 atom stereocenters. The van der Waals surface area contributed by atoms with Gasteiger partial charge < -0.3 is 10.2 Å². The van der Waals surface area contributed by atoms with E-state index >= 15 is 0 Å². The van der Waals surface area contributed by atoms with Crippen LogP contribution in [-0.2, 0) is 21.9 Å². The fourth-order valence-electron chi connectivity index (χ4n) is 3.90. The SMILES string of the molecule is Cc1cccc(CN(C(=O)CSCc2ccc(Cl)cc2)C(C)C(=O)NC2CCCC2)c1. The number of nitrogens with one attached hydrogen (secondary N) is 1. The van der Waals surface area contributed by atoms with E-state index in [1.807, 2.05) is 56.3 Å². The lowest BCUT2D eigenvalue weighted by atomic mass is 10.1. The lowest BCUT2D eigenvalue weighted by Crippen LogP contribution is -2.50. The molecule has 1 saturated carbocycles. The van der Waals surface area contributed by atoms with Gasteiger partial charge in [-0.25, -0.2) is 0 Å². The number of hydrogen-bond donors (Lipinski definition) is 1. The van der Waals surface area contributed by atoms with E-state index in [-0.39, 0.29) is 17.9 Å². The van der Waals surface area contributed by atoms with E-state index in [2.05, 4.69) is 11.4 Å². The summed E-state index contributed by atoms with van der Waals surface area (Å²) in [5, 5.41) is 3.85. The summed E-state index contributed by atoms with van der Waals surface area (Å²) in [5.74, 6) is 0.976. The predicted octanol–water partition coefficient (Wildman–Crippen LogP) is 5.36. The van der Waals surface area contributed by atoms with Gasteiger partial charge in [-0.1, -0.05) is 66.4 Å². The number of aryl methyl sites for hydroxylation is 1. The van der Waals surface area contributed by atoms with Gasteiger partial charge in [0.2, 0.25) is 11.8 Å². The van der Waals surface area contributed by atoms with Crippen molar-refractivity contribution in [3.63, 3.8) is 0 Å². The van der Waals surface area contributed by atoms with E-state index in [0.29, 0.717) is 17.3 Å². The monoisotopic (exact) mass is 458 g/mol. The molecule has 2 aromatic rings. The third-order valence-electron chi connectivity index (χ3n) is 5.71. The van der Waals surface area contributed by atoms with Crippen molar-refractivity contribution in [3.8, 4) is 0 Å². The molecule has 6 heteroatoms. The Morgan fingerprint density at radius 2 is 1.84 bits per heavy atom. The molecule has 0 aromatic heterocycles. The van der Waals surface area contributed by atoms with Crippen LogP contribution in [0.2, 0.25) is 5.02 Å². The molecule has 2 aromatic carbocycles. The number of thioether (sulfide) groups is 1. The zero-order valence-corrected chi connectivity index (χ0v) is 19.8. The van der Waals surface area contributed by atoms with Gasteiger partial charge in [0.1, 0.15) is 6.04 Å². The van der Waals surface area contributed by atoms with Crippen LogP contribution in [-0.4, -0.2) is 34.6 Å². The molecule has 4 nitrogen and oxygen atoms in total. The molecule has 166 valence electrons. The first-order valence-corrected chi connectivity index (χ1v) is 12.4. The van der Waals surface area contributed by atoms with Gasteiger partial charge in [-0.3, -0.25) is 9.59 Å². The maximum Gasteiger partial charge on any atom is 0.242 e. The second kappa shape index (κ2) is 11.6. The van der Waals surface area contributed by atoms with E-state index in [1.165, 1.54) is 0 Å². The van der Waals surface area contributed by atoms with Crippen LogP contribution in [0.3, 0.4) is 0 Å². The molecule has 0 radical (unpaired) electrons. The van der Waals surface area contributed by atoms with Crippen molar-refractivity contribution in [2.24, 2.45) is 0 Å². The largest absolute Gasteiger partial charge is 0.352 e. The van der Waals surface area contributed by atoms with Gasteiger partial charge >= 0.3 is 0 Å². The number of benzene rings is 2. The van der Waals surface area contributed by atoms with E-state index in [0.717, 1.165) is 48.1 Å². The van der Waals surface area contributed by atoms with E-state index < -0.39 is 6.04 Å².